The first-order valence-corrected chi connectivity index (χ1v) is 6.19. The molecule has 1 amide bonds. The molecule has 0 fully saturated rings. The first-order chi connectivity index (χ1) is 8.17. The minimum atomic E-state index is -0.285. The molecule has 17 heavy (non-hydrogen) atoms. The van der Waals surface area contributed by atoms with Gasteiger partial charge in [-0.2, -0.15) is 0 Å². The third kappa shape index (κ3) is 4.55. The van der Waals surface area contributed by atoms with Crippen molar-refractivity contribution in [3.8, 4) is 0 Å². The number of unbranched alkanes of at least 4 members (excludes halogenated alkanes) is 1. The molecule has 94 valence electrons. The molecule has 0 heterocycles. The molecule has 1 aromatic rings. The number of rotatable bonds is 6. The Morgan fingerprint density at radius 1 is 1.35 bits per heavy atom. The van der Waals surface area contributed by atoms with Crippen molar-refractivity contribution in [2.45, 2.75) is 33.1 Å². The van der Waals surface area contributed by atoms with Crippen LogP contribution in [0.2, 0.25) is 0 Å². The van der Waals surface area contributed by atoms with E-state index in [1.807, 2.05) is 11.8 Å². The summed E-state index contributed by atoms with van der Waals surface area (Å²) in [4.78, 5) is 13.8. The van der Waals surface area contributed by atoms with Crippen molar-refractivity contribution in [2.75, 3.05) is 13.1 Å². The van der Waals surface area contributed by atoms with Crippen LogP contribution in [0.25, 0.3) is 0 Å². The second-order valence-electron chi connectivity index (χ2n) is 4.13. The fourth-order valence-corrected chi connectivity index (χ4v) is 1.74. The molecular weight excluding hydrogens is 217 g/mol. The normalized spacial score (nSPS) is 10.3. The molecule has 0 N–H and O–H groups in total. The summed E-state index contributed by atoms with van der Waals surface area (Å²) in [6.45, 7) is 5.58. The average molecular weight is 237 g/mol. The van der Waals surface area contributed by atoms with Crippen LogP contribution in [-0.4, -0.2) is 23.9 Å². The van der Waals surface area contributed by atoms with Crippen LogP contribution in [0.1, 0.15) is 32.3 Å². The van der Waals surface area contributed by atoms with E-state index in [0.717, 1.165) is 24.9 Å². The van der Waals surface area contributed by atoms with E-state index in [0.29, 0.717) is 6.54 Å². The Bertz CT molecular complexity index is 365. The van der Waals surface area contributed by atoms with Gasteiger partial charge in [0.1, 0.15) is 5.82 Å². The zero-order chi connectivity index (χ0) is 12.7. The number of likely N-dealkylation sites (N-methyl/N-ethyl adjacent to an activating group) is 1. The second-order valence-corrected chi connectivity index (χ2v) is 4.13. The zero-order valence-electron chi connectivity index (χ0n) is 10.6. The number of benzene rings is 1. The molecule has 0 bridgehead atoms. The number of carbonyl (C=O) groups is 1. The topological polar surface area (TPSA) is 20.3 Å². The Morgan fingerprint density at radius 2 is 2.12 bits per heavy atom. The van der Waals surface area contributed by atoms with Crippen LogP contribution < -0.4 is 0 Å². The van der Waals surface area contributed by atoms with Crippen molar-refractivity contribution in [2.24, 2.45) is 0 Å². The SMILES string of the molecule is CCCCN(CC)C(=O)Cc1cccc(F)c1. The van der Waals surface area contributed by atoms with Gasteiger partial charge in [0.25, 0.3) is 0 Å². The van der Waals surface area contributed by atoms with E-state index in [9.17, 15) is 9.18 Å². The van der Waals surface area contributed by atoms with Crippen LogP contribution in [0.3, 0.4) is 0 Å². The van der Waals surface area contributed by atoms with E-state index < -0.39 is 0 Å². The Labute approximate surface area is 102 Å². The Morgan fingerprint density at radius 3 is 2.71 bits per heavy atom. The minimum Gasteiger partial charge on any atom is -0.343 e. The standard InChI is InChI=1S/C14H20FNO/c1-3-5-9-16(4-2)14(17)11-12-7-6-8-13(15)10-12/h6-8,10H,3-5,9,11H2,1-2H3. The average Bonchev–Trinajstić information content (AvgIpc) is 2.30. The van der Waals surface area contributed by atoms with Crippen molar-refractivity contribution in [1.82, 2.24) is 4.90 Å². The molecule has 0 saturated carbocycles. The molecule has 0 aliphatic rings. The van der Waals surface area contributed by atoms with Crippen LogP contribution in [-0.2, 0) is 11.2 Å². The number of hydrogen-bond acceptors (Lipinski definition) is 1. The van der Waals surface area contributed by atoms with Gasteiger partial charge in [-0.3, -0.25) is 4.79 Å². The van der Waals surface area contributed by atoms with Crippen LogP contribution in [0.5, 0.6) is 0 Å². The molecule has 0 aliphatic carbocycles. The van der Waals surface area contributed by atoms with Gasteiger partial charge in [-0.25, -0.2) is 4.39 Å². The summed E-state index contributed by atoms with van der Waals surface area (Å²) in [5.41, 5.74) is 0.741. The van der Waals surface area contributed by atoms with Crippen LogP contribution in [0.4, 0.5) is 4.39 Å². The van der Waals surface area contributed by atoms with Gasteiger partial charge in [0.05, 0.1) is 6.42 Å². The molecule has 3 heteroatoms. The molecule has 0 aliphatic heterocycles. The van der Waals surface area contributed by atoms with E-state index in [1.165, 1.54) is 12.1 Å². The first-order valence-electron chi connectivity index (χ1n) is 6.19. The van der Waals surface area contributed by atoms with E-state index in [4.69, 9.17) is 0 Å². The maximum absolute atomic E-state index is 13.0. The fourth-order valence-electron chi connectivity index (χ4n) is 1.74. The summed E-state index contributed by atoms with van der Waals surface area (Å²) < 4.78 is 13.0. The molecule has 0 spiro atoms. The molecule has 0 aromatic heterocycles. The van der Waals surface area contributed by atoms with Crippen molar-refractivity contribution >= 4 is 5.91 Å². The van der Waals surface area contributed by atoms with Crippen LogP contribution in [0, 0.1) is 5.82 Å². The van der Waals surface area contributed by atoms with E-state index >= 15 is 0 Å². The second kappa shape index (κ2) is 7.05. The summed E-state index contributed by atoms with van der Waals surface area (Å²) in [6, 6.07) is 6.24. The van der Waals surface area contributed by atoms with Gasteiger partial charge < -0.3 is 4.90 Å². The van der Waals surface area contributed by atoms with Gasteiger partial charge >= 0.3 is 0 Å². The van der Waals surface area contributed by atoms with Gasteiger partial charge in [-0.15, -0.1) is 0 Å². The number of amides is 1. The lowest BCUT2D eigenvalue weighted by Gasteiger charge is -2.20. The molecule has 0 radical (unpaired) electrons. The summed E-state index contributed by atoms with van der Waals surface area (Å²) in [6.07, 6.45) is 2.38. The Kier molecular flexibility index (Phi) is 5.67. The van der Waals surface area contributed by atoms with Crippen molar-refractivity contribution in [3.05, 3.63) is 35.6 Å². The van der Waals surface area contributed by atoms with Crippen molar-refractivity contribution < 1.29 is 9.18 Å². The van der Waals surface area contributed by atoms with Crippen molar-refractivity contribution in [1.29, 1.82) is 0 Å². The predicted octanol–water partition coefficient (Wildman–Crippen LogP) is 3.02. The van der Waals surface area contributed by atoms with Crippen LogP contribution >= 0.6 is 0 Å². The summed E-state index contributed by atoms with van der Waals surface area (Å²) in [5, 5.41) is 0. The van der Waals surface area contributed by atoms with Gasteiger partial charge in [0, 0.05) is 13.1 Å². The highest BCUT2D eigenvalue weighted by molar-refractivity contribution is 5.78. The number of hydrogen-bond donors (Lipinski definition) is 0. The monoisotopic (exact) mass is 237 g/mol. The molecule has 0 atom stereocenters. The maximum atomic E-state index is 13.0. The quantitative estimate of drug-likeness (QED) is 0.744. The largest absolute Gasteiger partial charge is 0.343 e. The third-order valence-electron chi connectivity index (χ3n) is 2.76. The van der Waals surface area contributed by atoms with E-state index in [1.54, 1.807) is 12.1 Å². The predicted molar refractivity (Wildman–Crippen MR) is 67.3 cm³/mol. The lowest BCUT2D eigenvalue weighted by molar-refractivity contribution is -0.130. The molecule has 1 aromatic carbocycles. The number of halogens is 1. The fraction of sp³-hybridized carbons (Fsp3) is 0.500. The maximum Gasteiger partial charge on any atom is 0.226 e. The summed E-state index contributed by atoms with van der Waals surface area (Å²) in [5.74, 6) is -0.210. The highest BCUT2D eigenvalue weighted by atomic mass is 19.1. The van der Waals surface area contributed by atoms with Gasteiger partial charge in [-0.1, -0.05) is 25.5 Å². The molecule has 0 unspecified atom stereocenters. The molecular formula is C14H20FNO. The van der Waals surface area contributed by atoms with Gasteiger partial charge in [0.15, 0.2) is 0 Å². The lowest BCUT2D eigenvalue weighted by atomic mass is 10.1. The highest BCUT2D eigenvalue weighted by Gasteiger charge is 2.11. The van der Waals surface area contributed by atoms with Crippen molar-refractivity contribution in [3.63, 3.8) is 0 Å². The summed E-state index contributed by atoms with van der Waals surface area (Å²) >= 11 is 0. The smallest absolute Gasteiger partial charge is 0.226 e. The van der Waals surface area contributed by atoms with E-state index in [-0.39, 0.29) is 18.1 Å². The first kappa shape index (κ1) is 13.7. The highest BCUT2D eigenvalue weighted by Crippen LogP contribution is 2.07. The minimum absolute atomic E-state index is 0.0755. The van der Waals surface area contributed by atoms with Gasteiger partial charge in [-0.05, 0) is 31.0 Å². The molecule has 0 saturated heterocycles. The lowest BCUT2D eigenvalue weighted by Crippen LogP contribution is -2.32. The molecule has 1 rings (SSSR count). The zero-order valence-corrected chi connectivity index (χ0v) is 10.6. The van der Waals surface area contributed by atoms with Crippen LogP contribution in [0.15, 0.2) is 24.3 Å². The van der Waals surface area contributed by atoms with E-state index in [2.05, 4.69) is 6.92 Å². The number of nitrogens with zero attached hydrogens (tertiary/aromatic N) is 1. The number of carbonyl (C=O) groups excluding carboxylic acids is 1. The third-order valence-corrected chi connectivity index (χ3v) is 2.76. The Balaban J connectivity index is 2.57. The molecule has 2 nitrogen and oxygen atoms in total. The summed E-state index contributed by atoms with van der Waals surface area (Å²) in [7, 11) is 0. The van der Waals surface area contributed by atoms with Gasteiger partial charge in [0.2, 0.25) is 5.91 Å². The Hall–Kier alpha value is -1.38.